The molecule has 1 heterocycles. The van der Waals surface area contributed by atoms with Gasteiger partial charge in [0.15, 0.2) is 5.76 Å². The predicted octanol–water partition coefficient (Wildman–Crippen LogP) is 4.97. The van der Waals surface area contributed by atoms with Gasteiger partial charge in [-0.2, -0.15) is 0 Å². The van der Waals surface area contributed by atoms with Crippen molar-refractivity contribution in [3.8, 4) is 0 Å². The topological polar surface area (TPSA) is 30.2 Å². The van der Waals surface area contributed by atoms with Gasteiger partial charge in [-0.15, -0.1) is 0 Å². The molecule has 3 heteroatoms. The smallest absolute Gasteiger partial charge is 0.201 e. The number of hydrogen-bond acceptors (Lipinski definition) is 2. The molecule has 1 saturated carbocycles. The lowest BCUT2D eigenvalue weighted by atomic mass is 9.72. The van der Waals surface area contributed by atoms with Gasteiger partial charge in [-0.3, -0.25) is 4.79 Å². The van der Waals surface area contributed by atoms with Crippen molar-refractivity contribution in [3.63, 3.8) is 0 Å². The molecule has 2 aromatic rings. The number of fused-ring (bicyclic) bond motifs is 1. The Balaban J connectivity index is 1.82. The highest BCUT2D eigenvalue weighted by atomic mass is 19.1. The van der Waals surface area contributed by atoms with E-state index in [4.69, 9.17) is 4.42 Å². The number of Topliss-reactive ketones (excluding diaryl/α,β-unsaturated/α-hetero) is 1. The van der Waals surface area contributed by atoms with Crippen LogP contribution in [0.1, 0.15) is 50.1 Å². The molecular formula is C17H19FO2. The first-order chi connectivity index (χ1) is 9.44. The Morgan fingerprint density at radius 1 is 1.25 bits per heavy atom. The van der Waals surface area contributed by atoms with Gasteiger partial charge in [0.05, 0.1) is 0 Å². The number of hydrogen-bond donors (Lipinski definition) is 0. The summed E-state index contributed by atoms with van der Waals surface area (Å²) < 4.78 is 18.7. The second kappa shape index (κ2) is 4.72. The minimum absolute atomic E-state index is 0.0495. The van der Waals surface area contributed by atoms with Crippen LogP contribution in [-0.4, -0.2) is 5.78 Å². The predicted molar refractivity (Wildman–Crippen MR) is 76.2 cm³/mol. The molecular weight excluding hydrogens is 255 g/mol. The van der Waals surface area contributed by atoms with E-state index in [1.807, 2.05) is 0 Å². The van der Waals surface area contributed by atoms with Crippen molar-refractivity contribution in [2.24, 2.45) is 11.3 Å². The van der Waals surface area contributed by atoms with Crippen molar-refractivity contribution < 1.29 is 13.6 Å². The maximum absolute atomic E-state index is 13.2. The summed E-state index contributed by atoms with van der Waals surface area (Å²) in [6, 6.07) is 5.99. The lowest BCUT2D eigenvalue weighted by Crippen LogP contribution is -2.26. The van der Waals surface area contributed by atoms with Gasteiger partial charge < -0.3 is 4.42 Å². The Hall–Kier alpha value is -1.64. The summed E-state index contributed by atoms with van der Waals surface area (Å²) in [6.07, 6.45) is 3.96. The fourth-order valence-electron chi connectivity index (χ4n) is 3.00. The third-order valence-electron chi connectivity index (χ3n) is 4.43. The molecule has 0 bridgehead atoms. The van der Waals surface area contributed by atoms with Crippen molar-refractivity contribution in [2.75, 3.05) is 0 Å². The van der Waals surface area contributed by atoms with E-state index in [2.05, 4.69) is 13.8 Å². The summed E-state index contributed by atoms with van der Waals surface area (Å²) in [5.41, 5.74) is 0.916. The van der Waals surface area contributed by atoms with E-state index in [0.29, 0.717) is 22.1 Å². The SMILES string of the molecule is CC1(C)CCC(C(=O)c2cc3cc(F)ccc3o2)CC1. The van der Waals surface area contributed by atoms with Crippen LogP contribution in [0.25, 0.3) is 11.0 Å². The van der Waals surface area contributed by atoms with Gasteiger partial charge >= 0.3 is 0 Å². The average molecular weight is 274 g/mol. The van der Waals surface area contributed by atoms with E-state index in [9.17, 15) is 9.18 Å². The zero-order chi connectivity index (χ0) is 14.3. The van der Waals surface area contributed by atoms with E-state index in [1.165, 1.54) is 12.1 Å². The second-order valence-corrected chi connectivity index (χ2v) is 6.60. The van der Waals surface area contributed by atoms with Crippen molar-refractivity contribution in [1.29, 1.82) is 0 Å². The highest BCUT2D eigenvalue weighted by Gasteiger charge is 2.32. The molecule has 0 unspecified atom stereocenters. The lowest BCUT2D eigenvalue weighted by molar-refractivity contribution is 0.0811. The zero-order valence-electron chi connectivity index (χ0n) is 11.9. The van der Waals surface area contributed by atoms with E-state index in [1.54, 1.807) is 12.1 Å². The molecule has 1 aliphatic carbocycles. The van der Waals surface area contributed by atoms with Crippen molar-refractivity contribution in [3.05, 3.63) is 35.8 Å². The Labute approximate surface area is 118 Å². The average Bonchev–Trinajstić information content (AvgIpc) is 2.80. The number of benzene rings is 1. The molecule has 0 N–H and O–H groups in total. The highest BCUT2D eigenvalue weighted by molar-refractivity contribution is 5.99. The molecule has 1 aliphatic rings. The molecule has 1 aromatic heterocycles. The minimum Gasteiger partial charge on any atom is -0.453 e. The molecule has 0 saturated heterocycles. The third kappa shape index (κ3) is 2.49. The van der Waals surface area contributed by atoms with Crippen molar-refractivity contribution in [1.82, 2.24) is 0 Å². The third-order valence-corrected chi connectivity index (χ3v) is 4.43. The van der Waals surface area contributed by atoms with Crippen molar-refractivity contribution in [2.45, 2.75) is 39.5 Å². The van der Waals surface area contributed by atoms with Gasteiger partial charge in [0.1, 0.15) is 11.4 Å². The molecule has 0 spiro atoms. The number of carbonyl (C=O) groups excluding carboxylic acids is 1. The summed E-state index contributed by atoms with van der Waals surface area (Å²) in [5.74, 6) is 0.178. The maximum Gasteiger partial charge on any atom is 0.201 e. The molecule has 0 atom stereocenters. The Morgan fingerprint density at radius 2 is 1.95 bits per heavy atom. The van der Waals surface area contributed by atoms with Crippen LogP contribution < -0.4 is 0 Å². The van der Waals surface area contributed by atoms with Gasteiger partial charge in [-0.1, -0.05) is 13.8 Å². The zero-order valence-corrected chi connectivity index (χ0v) is 11.9. The standard InChI is InChI=1S/C17H19FO2/c1-17(2)7-5-11(6-8-17)16(19)15-10-12-9-13(18)3-4-14(12)20-15/h3-4,9-11H,5-8H2,1-2H3. The number of furan rings is 1. The van der Waals surface area contributed by atoms with Crippen LogP contribution in [0.3, 0.4) is 0 Å². The highest BCUT2D eigenvalue weighted by Crippen LogP contribution is 2.39. The molecule has 0 amide bonds. The Morgan fingerprint density at radius 3 is 2.65 bits per heavy atom. The van der Waals surface area contributed by atoms with Crippen LogP contribution in [0.15, 0.2) is 28.7 Å². The van der Waals surface area contributed by atoms with Crippen LogP contribution in [-0.2, 0) is 0 Å². The normalized spacial score (nSPS) is 19.4. The van der Waals surface area contributed by atoms with Crippen LogP contribution in [0.5, 0.6) is 0 Å². The van der Waals surface area contributed by atoms with Gasteiger partial charge in [-0.25, -0.2) is 4.39 Å². The van der Waals surface area contributed by atoms with Gasteiger partial charge in [0, 0.05) is 11.3 Å². The molecule has 0 radical (unpaired) electrons. The van der Waals surface area contributed by atoms with E-state index in [0.717, 1.165) is 25.7 Å². The van der Waals surface area contributed by atoms with Crippen LogP contribution in [0.4, 0.5) is 4.39 Å². The molecule has 1 aromatic carbocycles. The van der Waals surface area contributed by atoms with Crippen LogP contribution in [0, 0.1) is 17.2 Å². The fourth-order valence-corrected chi connectivity index (χ4v) is 3.00. The Kier molecular flexibility index (Phi) is 3.15. The molecule has 3 rings (SSSR count). The number of carbonyl (C=O) groups is 1. The van der Waals surface area contributed by atoms with E-state index >= 15 is 0 Å². The first-order valence-corrected chi connectivity index (χ1v) is 7.18. The summed E-state index contributed by atoms with van der Waals surface area (Å²) >= 11 is 0. The maximum atomic E-state index is 13.2. The minimum atomic E-state index is -0.309. The quantitative estimate of drug-likeness (QED) is 0.724. The summed E-state index contributed by atoms with van der Waals surface area (Å²) in [7, 11) is 0. The van der Waals surface area contributed by atoms with E-state index in [-0.39, 0.29) is 17.5 Å². The molecule has 20 heavy (non-hydrogen) atoms. The first kappa shape index (κ1) is 13.3. The van der Waals surface area contributed by atoms with Crippen LogP contribution >= 0.6 is 0 Å². The Bertz CT molecular complexity index is 644. The summed E-state index contributed by atoms with van der Waals surface area (Å²) in [5, 5.41) is 0.657. The van der Waals surface area contributed by atoms with Gasteiger partial charge in [-0.05, 0) is 55.4 Å². The second-order valence-electron chi connectivity index (χ2n) is 6.60. The first-order valence-electron chi connectivity index (χ1n) is 7.18. The lowest BCUT2D eigenvalue weighted by Gasteiger charge is -2.33. The molecule has 2 nitrogen and oxygen atoms in total. The van der Waals surface area contributed by atoms with Crippen LogP contribution in [0.2, 0.25) is 0 Å². The number of halogens is 1. The monoisotopic (exact) mass is 274 g/mol. The molecule has 1 fully saturated rings. The number of rotatable bonds is 2. The number of ketones is 1. The molecule has 106 valence electrons. The van der Waals surface area contributed by atoms with Crippen molar-refractivity contribution >= 4 is 16.8 Å². The van der Waals surface area contributed by atoms with Gasteiger partial charge in [0.2, 0.25) is 5.78 Å². The molecule has 0 aliphatic heterocycles. The fraction of sp³-hybridized carbons (Fsp3) is 0.471. The summed E-state index contributed by atoms with van der Waals surface area (Å²) in [4.78, 5) is 12.5. The largest absolute Gasteiger partial charge is 0.453 e. The van der Waals surface area contributed by atoms with E-state index < -0.39 is 0 Å². The summed E-state index contributed by atoms with van der Waals surface area (Å²) in [6.45, 7) is 4.50. The van der Waals surface area contributed by atoms with Gasteiger partial charge in [0.25, 0.3) is 0 Å².